The Morgan fingerprint density at radius 2 is 2.00 bits per heavy atom. The summed E-state index contributed by atoms with van der Waals surface area (Å²) in [6.45, 7) is 4.39. The van der Waals surface area contributed by atoms with Gasteiger partial charge in [-0.3, -0.25) is 10.1 Å². The molecule has 17 heavy (non-hydrogen) atoms. The first-order valence-electron chi connectivity index (χ1n) is 7.36. The van der Waals surface area contributed by atoms with E-state index in [-0.39, 0.29) is 6.04 Å². The molecule has 3 heteroatoms. The highest BCUT2D eigenvalue weighted by Gasteiger charge is 2.42. The Kier molecular flexibility index (Phi) is 4.43. The zero-order valence-corrected chi connectivity index (χ0v) is 11.2. The van der Waals surface area contributed by atoms with Crippen molar-refractivity contribution in [1.29, 1.82) is 0 Å². The molecule has 0 aromatic rings. The van der Waals surface area contributed by atoms with Crippen LogP contribution in [-0.2, 0) is 4.79 Å². The summed E-state index contributed by atoms with van der Waals surface area (Å²) in [5.74, 6) is 0.376. The normalized spacial score (nSPS) is 29.8. The molecule has 1 saturated heterocycles. The van der Waals surface area contributed by atoms with Crippen molar-refractivity contribution in [2.75, 3.05) is 0 Å². The molecule has 2 atom stereocenters. The van der Waals surface area contributed by atoms with E-state index in [2.05, 4.69) is 24.1 Å². The topological polar surface area (TPSA) is 32.3 Å². The van der Waals surface area contributed by atoms with E-state index in [1.54, 1.807) is 0 Å². The number of hydrogen-bond acceptors (Lipinski definition) is 2. The van der Waals surface area contributed by atoms with Crippen LogP contribution in [-0.4, -0.2) is 29.1 Å². The van der Waals surface area contributed by atoms with Gasteiger partial charge in [0.25, 0.3) is 0 Å². The van der Waals surface area contributed by atoms with Gasteiger partial charge in [-0.25, -0.2) is 0 Å². The molecular formula is C14H26N2O. The molecule has 2 fully saturated rings. The standard InChI is InChI=1S/C14H26N2O/c1-3-5-10-12-14(17)16(11-8-6-9-11)13(15-12)7-4-2/h11-13,15H,3-10H2,1-2H3. The van der Waals surface area contributed by atoms with E-state index in [4.69, 9.17) is 0 Å². The minimum absolute atomic E-state index is 0.104. The number of hydrogen-bond donors (Lipinski definition) is 1. The molecule has 1 aliphatic heterocycles. The fourth-order valence-corrected chi connectivity index (χ4v) is 2.93. The van der Waals surface area contributed by atoms with Gasteiger partial charge in [-0.2, -0.15) is 0 Å². The van der Waals surface area contributed by atoms with Gasteiger partial charge in [-0.1, -0.05) is 33.1 Å². The summed E-state index contributed by atoms with van der Waals surface area (Å²) in [6.07, 6.45) is 9.64. The minimum atomic E-state index is 0.104. The average molecular weight is 238 g/mol. The summed E-state index contributed by atoms with van der Waals surface area (Å²) in [4.78, 5) is 14.6. The van der Waals surface area contributed by atoms with Crippen LogP contribution in [0.25, 0.3) is 0 Å². The Morgan fingerprint density at radius 3 is 2.53 bits per heavy atom. The molecular weight excluding hydrogens is 212 g/mol. The predicted octanol–water partition coefficient (Wildman–Crippen LogP) is 2.66. The van der Waals surface area contributed by atoms with Gasteiger partial charge in [-0.15, -0.1) is 0 Å². The number of carbonyl (C=O) groups excluding carboxylic acids is 1. The second-order valence-corrected chi connectivity index (χ2v) is 5.50. The van der Waals surface area contributed by atoms with Gasteiger partial charge in [-0.05, 0) is 32.1 Å². The van der Waals surface area contributed by atoms with Crippen LogP contribution in [0.5, 0.6) is 0 Å². The molecule has 0 radical (unpaired) electrons. The van der Waals surface area contributed by atoms with Gasteiger partial charge in [0.1, 0.15) is 0 Å². The molecule has 1 amide bonds. The van der Waals surface area contributed by atoms with Crippen LogP contribution in [0.3, 0.4) is 0 Å². The summed E-state index contributed by atoms with van der Waals surface area (Å²) in [5, 5.41) is 3.55. The number of nitrogens with one attached hydrogen (secondary N) is 1. The Labute approximate surface area is 105 Å². The van der Waals surface area contributed by atoms with Crippen molar-refractivity contribution < 1.29 is 4.79 Å². The fourth-order valence-electron chi connectivity index (χ4n) is 2.93. The van der Waals surface area contributed by atoms with E-state index in [0.29, 0.717) is 18.1 Å². The van der Waals surface area contributed by atoms with E-state index in [1.807, 2.05) is 0 Å². The van der Waals surface area contributed by atoms with Crippen LogP contribution in [0, 0.1) is 0 Å². The summed E-state index contributed by atoms with van der Waals surface area (Å²) in [5.41, 5.74) is 0. The van der Waals surface area contributed by atoms with Gasteiger partial charge in [0.05, 0.1) is 12.2 Å². The smallest absolute Gasteiger partial charge is 0.241 e. The first kappa shape index (κ1) is 12.9. The third-order valence-electron chi connectivity index (χ3n) is 4.16. The third-order valence-corrected chi connectivity index (χ3v) is 4.16. The van der Waals surface area contributed by atoms with E-state index in [9.17, 15) is 4.79 Å². The molecule has 0 aromatic heterocycles. The summed E-state index contributed by atoms with van der Waals surface area (Å²) in [7, 11) is 0. The van der Waals surface area contributed by atoms with Gasteiger partial charge in [0.2, 0.25) is 5.91 Å². The SMILES string of the molecule is CCCCC1NC(CCC)N(C2CCC2)C1=O. The summed E-state index contributed by atoms with van der Waals surface area (Å²) < 4.78 is 0. The molecule has 0 aromatic carbocycles. The number of carbonyl (C=O) groups is 1. The molecule has 0 spiro atoms. The lowest BCUT2D eigenvalue weighted by Crippen LogP contribution is -2.47. The fraction of sp³-hybridized carbons (Fsp3) is 0.929. The molecule has 98 valence electrons. The summed E-state index contributed by atoms with van der Waals surface area (Å²) >= 11 is 0. The average Bonchev–Trinajstić information content (AvgIpc) is 2.53. The highest BCUT2D eigenvalue weighted by atomic mass is 16.2. The lowest BCUT2D eigenvalue weighted by atomic mass is 9.91. The molecule has 1 saturated carbocycles. The van der Waals surface area contributed by atoms with Crippen molar-refractivity contribution in [1.82, 2.24) is 10.2 Å². The second kappa shape index (κ2) is 5.85. The van der Waals surface area contributed by atoms with Gasteiger partial charge >= 0.3 is 0 Å². The molecule has 2 aliphatic rings. The van der Waals surface area contributed by atoms with Crippen molar-refractivity contribution in [3.05, 3.63) is 0 Å². The molecule has 3 nitrogen and oxygen atoms in total. The number of nitrogens with zero attached hydrogens (tertiary/aromatic N) is 1. The lowest BCUT2D eigenvalue weighted by molar-refractivity contribution is -0.134. The lowest BCUT2D eigenvalue weighted by Gasteiger charge is -2.38. The Bertz CT molecular complexity index is 263. The predicted molar refractivity (Wildman–Crippen MR) is 69.6 cm³/mol. The quantitative estimate of drug-likeness (QED) is 0.771. The monoisotopic (exact) mass is 238 g/mol. The van der Waals surface area contributed by atoms with Crippen LogP contribution in [0.4, 0.5) is 0 Å². The van der Waals surface area contributed by atoms with Crippen LogP contribution in [0.15, 0.2) is 0 Å². The maximum absolute atomic E-state index is 12.4. The van der Waals surface area contributed by atoms with E-state index >= 15 is 0 Å². The van der Waals surface area contributed by atoms with Crippen molar-refractivity contribution in [3.63, 3.8) is 0 Å². The molecule has 1 heterocycles. The van der Waals surface area contributed by atoms with Crippen LogP contribution in [0.2, 0.25) is 0 Å². The Hall–Kier alpha value is -0.570. The van der Waals surface area contributed by atoms with Crippen molar-refractivity contribution in [2.45, 2.75) is 83.5 Å². The van der Waals surface area contributed by atoms with Crippen LogP contribution in [0.1, 0.15) is 65.2 Å². The largest absolute Gasteiger partial charge is 0.323 e. The van der Waals surface area contributed by atoms with Gasteiger partial charge in [0, 0.05) is 6.04 Å². The zero-order chi connectivity index (χ0) is 12.3. The first-order valence-corrected chi connectivity index (χ1v) is 7.36. The molecule has 0 bridgehead atoms. The van der Waals surface area contributed by atoms with E-state index < -0.39 is 0 Å². The summed E-state index contributed by atoms with van der Waals surface area (Å²) in [6, 6.07) is 0.644. The third kappa shape index (κ3) is 2.65. The van der Waals surface area contributed by atoms with Crippen LogP contribution < -0.4 is 5.32 Å². The van der Waals surface area contributed by atoms with Gasteiger partial charge < -0.3 is 4.90 Å². The molecule has 2 rings (SSSR count). The number of rotatable bonds is 6. The number of amides is 1. The number of unbranched alkanes of at least 4 members (excludes halogenated alkanes) is 1. The maximum Gasteiger partial charge on any atom is 0.241 e. The molecule has 1 aliphatic carbocycles. The maximum atomic E-state index is 12.4. The second-order valence-electron chi connectivity index (χ2n) is 5.50. The zero-order valence-electron chi connectivity index (χ0n) is 11.2. The van der Waals surface area contributed by atoms with Gasteiger partial charge in [0.15, 0.2) is 0 Å². The Balaban J connectivity index is 1.97. The minimum Gasteiger partial charge on any atom is -0.323 e. The van der Waals surface area contributed by atoms with Crippen molar-refractivity contribution >= 4 is 5.91 Å². The highest BCUT2D eigenvalue weighted by Crippen LogP contribution is 2.31. The van der Waals surface area contributed by atoms with E-state index in [1.165, 1.54) is 25.7 Å². The van der Waals surface area contributed by atoms with Crippen molar-refractivity contribution in [3.8, 4) is 0 Å². The van der Waals surface area contributed by atoms with E-state index in [0.717, 1.165) is 25.7 Å². The van der Waals surface area contributed by atoms with Crippen molar-refractivity contribution in [2.24, 2.45) is 0 Å². The highest BCUT2D eigenvalue weighted by molar-refractivity contribution is 5.84. The van der Waals surface area contributed by atoms with Crippen LogP contribution >= 0.6 is 0 Å². The molecule has 1 N–H and O–H groups in total. The first-order chi connectivity index (χ1) is 8.27. The Morgan fingerprint density at radius 1 is 1.24 bits per heavy atom. The molecule has 2 unspecified atom stereocenters.